The molecule has 0 rings (SSSR count). The molecule has 0 heterocycles. The van der Waals surface area contributed by atoms with Gasteiger partial charge in [0.05, 0.1) is 16.6 Å². The summed E-state index contributed by atoms with van der Waals surface area (Å²) in [6.45, 7) is 9.14. The SMILES string of the molecule is CC(C)NCC(O)CS(=O)(=O)C(C)(C)C. The lowest BCUT2D eigenvalue weighted by Gasteiger charge is -2.22. The highest BCUT2D eigenvalue weighted by molar-refractivity contribution is 7.92. The Kier molecular flexibility index (Phi) is 5.23. The van der Waals surface area contributed by atoms with E-state index in [2.05, 4.69) is 5.32 Å². The molecular weight excluding hydrogens is 214 g/mol. The molecule has 0 aliphatic heterocycles. The summed E-state index contributed by atoms with van der Waals surface area (Å²) in [6, 6.07) is 0.247. The standard InChI is InChI=1S/C10H23NO3S/c1-8(2)11-6-9(12)7-15(13,14)10(3,4)5/h8-9,11-12H,6-7H2,1-5H3. The molecular formula is C10H23NO3S. The van der Waals surface area contributed by atoms with Crippen LogP contribution < -0.4 is 5.32 Å². The number of rotatable bonds is 5. The van der Waals surface area contributed by atoms with Crippen molar-refractivity contribution in [1.82, 2.24) is 5.32 Å². The Hall–Kier alpha value is -0.130. The fraction of sp³-hybridized carbons (Fsp3) is 1.00. The minimum absolute atomic E-state index is 0.184. The Morgan fingerprint density at radius 1 is 1.27 bits per heavy atom. The molecule has 1 unspecified atom stereocenters. The first kappa shape index (κ1) is 14.9. The number of nitrogens with one attached hydrogen (secondary N) is 1. The molecule has 0 fully saturated rings. The molecule has 1 atom stereocenters. The smallest absolute Gasteiger partial charge is 0.157 e. The van der Waals surface area contributed by atoms with Crippen molar-refractivity contribution >= 4 is 9.84 Å². The number of hydrogen-bond acceptors (Lipinski definition) is 4. The quantitative estimate of drug-likeness (QED) is 0.733. The van der Waals surface area contributed by atoms with Crippen LogP contribution in [0, 0.1) is 0 Å². The maximum atomic E-state index is 11.7. The summed E-state index contributed by atoms with van der Waals surface area (Å²) in [7, 11) is -3.23. The lowest BCUT2D eigenvalue weighted by Crippen LogP contribution is -2.40. The molecule has 0 amide bonds. The van der Waals surface area contributed by atoms with Gasteiger partial charge in [0.25, 0.3) is 0 Å². The van der Waals surface area contributed by atoms with E-state index >= 15 is 0 Å². The number of sulfone groups is 1. The van der Waals surface area contributed by atoms with Crippen LogP contribution in [-0.4, -0.2) is 42.7 Å². The summed E-state index contributed by atoms with van der Waals surface area (Å²) in [5, 5.41) is 12.6. The van der Waals surface area contributed by atoms with Gasteiger partial charge in [0.2, 0.25) is 0 Å². The number of aliphatic hydroxyl groups excluding tert-OH is 1. The molecule has 4 nitrogen and oxygen atoms in total. The molecule has 0 aromatic heterocycles. The molecule has 5 heteroatoms. The van der Waals surface area contributed by atoms with E-state index in [-0.39, 0.29) is 11.8 Å². The summed E-state index contributed by atoms with van der Waals surface area (Å²) < 4.78 is 22.6. The Morgan fingerprint density at radius 3 is 2.07 bits per heavy atom. The number of hydrogen-bond donors (Lipinski definition) is 2. The van der Waals surface area contributed by atoms with Gasteiger partial charge >= 0.3 is 0 Å². The van der Waals surface area contributed by atoms with Gasteiger partial charge in [0, 0.05) is 12.6 Å². The highest BCUT2D eigenvalue weighted by Gasteiger charge is 2.30. The van der Waals surface area contributed by atoms with Crippen molar-refractivity contribution in [1.29, 1.82) is 0 Å². The third-order valence-electron chi connectivity index (χ3n) is 2.11. The van der Waals surface area contributed by atoms with E-state index in [1.54, 1.807) is 20.8 Å². The van der Waals surface area contributed by atoms with Crippen molar-refractivity contribution in [2.45, 2.75) is 51.5 Å². The van der Waals surface area contributed by atoms with E-state index in [0.717, 1.165) is 0 Å². The maximum Gasteiger partial charge on any atom is 0.157 e. The van der Waals surface area contributed by atoms with Crippen LogP contribution >= 0.6 is 0 Å². The largest absolute Gasteiger partial charge is 0.391 e. The fourth-order valence-corrected chi connectivity index (χ4v) is 2.06. The normalized spacial score (nSPS) is 15.7. The van der Waals surface area contributed by atoms with Gasteiger partial charge in [0.15, 0.2) is 9.84 Å². The first-order chi connectivity index (χ1) is 6.56. The molecule has 0 aliphatic carbocycles. The van der Waals surface area contributed by atoms with Gasteiger partial charge in [-0.2, -0.15) is 0 Å². The summed E-state index contributed by atoms with van der Waals surface area (Å²) in [6.07, 6.45) is -0.836. The Morgan fingerprint density at radius 2 is 1.73 bits per heavy atom. The fourth-order valence-electron chi connectivity index (χ4n) is 0.934. The van der Waals surface area contributed by atoms with Crippen LogP contribution in [0.3, 0.4) is 0 Å². The van der Waals surface area contributed by atoms with Gasteiger partial charge in [-0.1, -0.05) is 13.8 Å². The zero-order chi connectivity index (χ0) is 12.3. The van der Waals surface area contributed by atoms with E-state index in [1.165, 1.54) is 0 Å². The molecule has 0 spiro atoms. The summed E-state index contributed by atoms with van der Waals surface area (Å²) in [5.74, 6) is -0.184. The van der Waals surface area contributed by atoms with Crippen molar-refractivity contribution in [2.75, 3.05) is 12.3 Å². The molecule has 15 heavy (non-hydrogen) atoms. The van der Waals surface area contributed by atoms with Gasteiger partial charge < -0.3 is 10.4 Å². The van der Waals surface area contributed by atoms with Crippen LogP contribution in [0.25, 0.3) is 0 Å². The molecule has 2 N–H and O–H groups in total. The van der Waals surface area contributed by atoms with Crippen molar-refractivity contribution in [3.63, 3.8) is 0 Å². The second-order valence-electron chi connectivity index (χ2n) is 5.11. The van der Waals surface area contributed by atoms with Crippen LogP contribution in [0.2, 0.25) is 0 Å². The van der Waals surface area contributed by atoms with Crippen molar-refractivity contribution in [3.05, 3.63) is 0 Å². The van der Waals surface area contributed by atoms with E-state index in [0.29, 0.717) is 6.54 Å². The van der Waals surface area contributed by atoms with Crippen LogP contribution in [-0.2, 0) is 9.84 Å². The Labute approximate surface area is 93.0 Å². The first-order valence-electron chi connectivity index (χ1n) is 5.20. The second kappa shape index (κ2) is 5.27. The summed E-state index contributed by atoms with van der Waals surface area (Å²) in [4.78, 5) is 0. The summed E-state index contributed by atoms with van der Waals surface area (Å²) >= 11 is 0. The van der Waals surface area contributed by atoms with Crippen LogP contribution in [0.1, 0.15) is 34.6 Å². The molecule has 0 aromatic carbocycles. The molecule has 0 bridgehead atoms. The van der Waals surface area contributed by atoms with E-state index in [1.807, 2.05) is 13.8 Å². The van der Waals surface area contributed by atoms with E-state index in [4.69, 9.17) is 0 Å². The molecule has 0 aromatic rings. The van der Waals surface area contributed by atoms with Crippen molar-refractivity contribution in [3.8, 4) is 0 Å². The average Bonchev–Trinajstić information content (AvgIpc) is 1.97. The monoisotopic (exact) mass is 237 g/mol. The third kappa shape index (κ3) is 5.49. The van der Waals surface area contributed by atoms with Gasteiger partial charge in [-0.25, -0.2) is 8.42 Å². The zero-order valence-corrected chi connectivity index (χ0v) is 11.1. The topological polar surface area (TPSA) is 66.4 Å². The van der Waals surface area contributed by atoms with Crippen molar-refractivity contribution in [2.24, 2.45) is 0 Å². The minimum atomic E-state index is -3.23. The lowest BCUT2D eigenvalue weighted by atomic mass is 10.3. The zero-order valence-electron chi connectivity index (χ0n) is 10.2. The predicted molar refractivity (Wildman–Crippen MR) is 62.7 cm³/mol. The molecule has 0 saturated heterocycles. The van der Waals surface area contributed by atoms with Gasteiger partial charge in [-0.3, -0.25) is 0 Å². The Bertz CT molecular complexity index is 278. The molecule has 0 radical (unpaired) electrons. The lowest BCUT2D eigenvalue weighted by molar-refractivity contribution is 0.189. The van der Waals surface area contributed by atoms with Crippen LogP contribution in [0.5, 0.6) is 0 Å². The second-order valence-corrected chi connectivity index (χ2v) is 7.90. The highest BCUT2D eigenvalue weighted by Crippen LogP contribution is 2.16. The number of aliphatic hydroxyl groups is 1. The molecule has 0 aliphatic rings. The van der Waals surface area contributed by atoms with Crippen LogP contribution in [0.4, 0.5) is 0 Å². The highest BCUT2D eigenvalue weighted by atomic mass is 32.2. The van der Waals surface area contributed by atoms with Gasteiger partial charge in [0.1, 0.15) is 0 Å². The van der Waals surface area contributed by atoms with Gasteiger partial charge in [-0.15, -0.1) is 0 Å². The average molecular weight is 237 g/mol. The first-order valence-corrected chi connectivity index (χ1v) is 6.85. The maximum absolute atomic E-state index is 11.7. The molecule has 0 saturated carbocycles. The van der Waals surface area contributed by atoms with Crippen LogP contribution in [0.15, 0.2) is 0 Å². The summed E-state index contributed by atoms with van der Waals surface area (Å²) in [5.41, 5.74) is 0. The van der Waals surface area contributed by atoms with E-state index in [9.17, 15) is 13.5 Å². The minimum Gasteiger partial charge on any atom is -0.391 e. The molecule has 92 valence electrons. The van der Waals surface area contributed by atoms with Gasteiger partial charge in [-0.05, 0) is 20.8 Å². The third-order valence-corrected chi connectivity index (χ3v) is 4.80. The predicted octanol–water partition coefficient (Wildman–Crippen LogP) is 0.559. The Balaban J connectivity index is 4.24. The van der Waals surface area contributed by atoms with E-state index < -0.39 is 20.7 Å². The van der Waals surface area contributed by atoms with Crippen molar-refractivity contribution < 1.29 is 13.5 Å².